The average molecular weight is 411 g/mol. The first-order chi connectivity index (χ1) is 14.6. The van der Waals surface area contributed by atoms with Crippen LogP contribution >= 0.6 is 0 Å². The highest BCUT2D eigenvalue weighted by Gasteiger charge is 2.40. The van der Waals surface area contributed by atoms with Crippen molar-refractivity contribution in [3.8, 4) is 0 Å². The SMILES string of the molecule is O=C1CCC(N2Cc3c(CNC4CCCC5CCCNC54)cccc3C2=O)C(=O)N1. The van der Waals surface area contributed by atoms with Gasteiger partial charge in [0.25, 0.3) is 5.91 Å². The second-order valence-electron chi connectivity index (χ2n) is 9.14. The van der Waals surface area contributed by atoms with E-state index < -0.39 is 6.04 Å². The molecule has 0 aromatic heterocycles. The fourth-order valence-corrected chi connectivity index (χ4v) is 5.84. The molecule has 3 amide bonds. The molecule has 7 heteroatoms. The number of piperidine rings is 2. The molecule has 4 aliphatic rings. The van der Waals surface area contributed by atoms with Crippen molar-refractivity contribution in [2.75, 3.05) is 6.54 Å². The predicted octanol–water partition coefficient (Wildman–Crippen LogP) is 1.46. The number of nitrogens with one attached hydrogen (secondary N) is 3. The van der Waals surface area contributed by atoms with Gasteiger partial charge in [-0.1, -0.05) is 18.6 Å². The highest BCUT2D eigenvalue weighted by atomic mass is 16.2. The van der Waals surface area contributed by atoms with Crippen LogP contribution in [-0.2, 0) is 22.7 Å². The molecule has 3 N–H and O–H groups in total. The van der Waals surface area contributed by atoms with Gasteiger partial charge in [-0.3, -0.25) is 19.7 Å². The quantitative estimate of drug-likeness (QED) is 0.654. The Kier molecular flexibility index (Phi) is 5.33. The van der Waals surface area contributed by atoms with E-state index in [1.807, 2.05) is 12.1 Å². The average Bonchev–Trinajstić information content (AvgIpc) is 3.09. The van der Waals surface area contributed by atoms with Gasteiger partial charge in [0.1, 0.15) is 6.04 Å². The molecule has 0 radical (unpaired) electrons. The summed E-state index contributed by atoms with van der Waals surface area (Å²) in [5.74, 6) is 0.0558. The molecule has 2 saturated heterocycles. The van der Waals surface area contributed by atoms with E-state index in [0.29, 0.717) is 30.6 Å². The minimum absolute atomic E-state index is 0.104. The second-order valence-corrected chi connectivity index (χ2v) is 9.14. The molecule has 1 aromatic carbocycles. The summed E-state index contributed by atoms with van der Waals surface area (Å²) >= 11 is 0. The molecule has 160 valence electrons. The van der Waals surface area contributed by atoms with Crippen LogP contribution in [0.3, 0.4) is 0 Å². The van der Waals surface area contributed by atoms with Crippen LogP contribution in [0.4, 0.5) is 0 Å². The summed E-state index contributed by atoms with van der Waals surface area (Å²) in [6.45, 7) is 2.28. The Labute approximate surface area is 177 Å². The van der Waals surface area contributed by atoms with Crippen molar-refractivity contribution in [3.05, 3.63) is 34.9 Å². The zero-order chi connectivity index (χ0) is 20.7. The molecule has 30 heavy (non-hydrogen) atoms. The van der Waals surface area contributed by atoms with E-state index in [-0.39, 0.29) is 24.1 Å². The van der Waals surface area contributed by atoms with Gasteiger partial charge in [-0.25, -0.2) is 0 Å². The normalized spacial score (nSPS) is 31.3. The first-order valence-electron chi connectivity index (χ1n) is 11.3. The highest BCUT2D eigenvalue weighted by Crippen LogP contribution is 2.32. The molecule has 5 rings (SSSR count). The summed E-state index contributed by atoms with van der Waals surface area (Å²) in [4.78, 5) is 38.4. The van der Waals surface area contributed by atoms with Crippen LogP contribution < -0.4 is 16.0 Å². The van der Waals surface area contributed by atoms with Crippen LogP contribution in [0.5, 0.6) is 0 Å². The number of carbonyl (C=O) groups is 3. The van der Waals surface area contributed by atoms with Gasteiger partial charge in [-0.15, -0.1) is 0 Å². The third kappa shape index (κ3) is 3.54. The predicted molar refractivity (Wildman–Crippen MR) is 111 cm³/mol. The molecule has 4 unspecified atom stereocenters. The highest BCUT2D eigenvalue weighted by molar-refractivity contribution is 6.05. The topological polar surface area (TPSA) is 90.5 Å². The maximum absolute atomic E-state index is 13.0. The number of hydrogen-bond acceptors (Lipinski definition) is 5. The Morgan fingerprint density at radius 3 is 2.80 bits per heavy atom. The van der Waals surface area contributed by atoms with Crippen LogP contribution in [0.2, 0.25) is 0 Å². The third-order valence-electron chi connectivity index (χ3n) is 7.40. The van der Waals surface area contributed by atoms with E-state index in [1.54, 1.807) is 4.90 Å². The lowest BCUT2D eigenvalue weighted by atomic mass is 9.76. The van der Waals surface area contributed by atoms with Crippen LogP contribution in [0.25, 0.3) is 0 Å². The first-order valence-corrected chi connectivity index (χ1v) is 11.3. The van der Waals surface area contributed by atoms with Gasteiger partial charge in [-0.2, -0.15) is 0 Å². The molecule has 0 bridgehead atoms. The van der Waals surface area contributed by atoms with E-state index in [9.17, 15) is 14.4 Å². The Hall–Kier alpha value is -2.25. The number of hydrogen-bond donors (Lipinski definition) is 3. The van der Waals surface area contributed by atoms with Gasteiger partial charge in [0.15, 0.2) is 0 Å². The molecule has 3 aliphatic heterocycles. The lowest BCUT2D eigenvalue weighted by Crippen LogP contribution is -2.56. The largest absolute Gasteiger partial charge is 0.322 e. The lowest BCUT2D eigenvalue weighted by molar-refractivity contribution is -0.136. The van der Waals surface area contributed by atoms with Gasteiger partial charge >= 0.3 is 0 Å². The van der Waals surface area contributed by atoms with E-state index in [2.05, 4.69) is 22.0 Å². The van der Waals surface area contributed by atoms with Gasteiger partial charge in [-0.05, 0) is 61.8 Å². The number of rotatable bonds is 4. The standard InChI is InChI=1S/C23H30N4O3/c28-20-10-9-19(22(29)26-20)27-13-17-15(5-1-7-16(17)23(27)30)12-25-18-8-2-4-14-6-3-11-24-21(14)18/h1,5,7,14,18-19,21,24-25H,2-4,6,8-13H2,(H,26,28,29). The number of amides is 3. The van der Waals surface area contributed by atoms with E-state index in [0.717, 1.165) is 30.1 Å². The fourth-order valence-electron chi connectivity index (χ4n) is 5.84. The number of carbonyl (C=O) groups excluding carboxylic acids is 3. The summed E-state index contributed by atoms with van der Waals surface area (Å²) in [5.41, 5.74) is 2.84. The maximum atomic E-state index is 13.0. The summed E-state index contributed by atoms with van der Waals surface area (Å²) < 4.78 is 0. The Morgan fingerprint density at radius 2 is 1.93 bits per heavy atom. The van der Waals surface area contributed by atoms with Crippen molar-refractivity contribution >= 4 is 17.7 Å². The Bertz CT molecular complexity index is 868. The first kappa shape index (κ1) is 19.7. The van der Waals surface area contributed by atoms with Crippen LogP contribution in [0.15, 0.2) is 18.2 Å². The molecule has 1 aromatic rings. The zero-order valence-electron chi connectivity index (χ0n) is 17.3. The molecule has 3 heterocycles. The smallest absolute Gasteiger partial charge is 0.255 e. The zero-order valence-corrected chi connectivity index (χ0v) is 17.3. The lowest BCUT2D eigenvalue weighted by Gasteiger charge is -2.42. The van der Waals surface area contributed by atoms with E-state index in [4.69, 9.17) is 0 Å². The summed E-state index contributed by atoms with van der Waals surface area (Å²) in [7, 11) is 0. The van der Waals surface area contributed by atoms with Crippen molar-refractivity contribution in [1.29, 1.82) is 0 Å². The minimum atomic E-state index is -0.561. The van der Waals surface area contributed by atoms with Crippen LogP contribution in [0.1, 0.15) is 66.4 Å². The number of benzene rings is 1. The summed E-state index contributed by atoms with van der Waals surface area (Å²) in [5, 5.41) is 9.87. The molecule has 0 spiro atoms. The molecule has 1 aliphatic carbocycles. The summed E-state index contributed by atoms with van der Waals surface area (Å²) in [6, 6.07) is 6.32. The minimum Gasteiger partial charge on any atom is -0.322 e. The molecule has 4 atom stereocenters. The molecular formula is C23H30N4O3. The molecule has 1 saturated carbocycles. The van der Waals surface area contributed by atoms with E-state index >= 15 is 0 Å². The van der Waals surface area contributed by atoms with Crippen LogP contribution in [0, 0.1) is 5.92 Å². The second kappa shape index (κ2) is 8.12. The van der Waals surface area contributed by atoms with Crippen molar-refractivity contribution in [3.63, 3.8) is 0 Å². The molecule has 7 nitrogen and oxygen atoms in total. The van der Waals surface area contributed by atoms with E-state index in [1.165, 1.54) is 32.1 Å². The Morgan fingerprint density at radius 1 is 1.07 bits per heavy atom. The van der Waals surface area contributed by atoms with Crippen LogP contribution in [-0.4, -0.2) is 47.3 Å². The summed E-state index contributed by atoms with van der Waals surface area (Å²) in [6.07, 6.45) is 7.06. The van der Waals surface area contributed by atoms with Gasteiger partial charge in [0.05, 0.1) is 0 Å². The van der Waals surface area contributed by atoms with Gasteiger partial charge < -0.3 is 15.5 Å². The molecular weight excluding hydrogens is 380 g/mol. The fraction of sp³-hybridized carbons (Fsp3) is 0.609. The molecule has 3 fully saturated rings. The number of fused-ring (bicyclic) bond motifs is 2. The van der Waals surface area contributed by atoms with Crippen molar-refractivity contribution < 1.29 is 14.4 Å². The van der Waals surface area contributed by atoms with Gasteiger partial charge in [0.2, 0.25) is 11.8 Å². The number of nitrogens with zero attached hydrogens (tertiary/aromatic N) is 1. The van der Waals surface area contributed by atoms with Crippen molar-refractivity contribution in [2.45, 2.75) is 76.2 Å². The monoisotopic (exact) mass is 410 g/mol. The third-order valence-corrected chi connectivity index (χ3v) is 7.40. The van der Waals surface area contributed by atoms with Gasteiger partial charge in [0, 0.05) is 37.2 Å². The number of imide groups is 1. The van der Waals surface area contributed by atoms with Crippen molar-refractivity contribution in [1.82, 2.24) is 20.9 Å². The Balaban J connectivity index is 1.30. The maximum Gasteiger partial charge on any atom is 0.255 e. The van der Waals surface area contributed by atoms with Crippen molar-refractivity contribution in [2.24, 2.45) is 5.92 Å².